The van der Waals surface area contributed by atoms with E-state index in [1.54, 1.807) is 7.11 Å². The van der Waals surface area contributed by atoms with Crippen molar-refractivity contribution in [2.24, 2.45) is 5.92 Å². The summed E-state index contributed by atoms with van der Waals surface area (Å²) in [6.07, 6.45) is 5.46. The Morgan fingerprint density at radius 2 is 2.28 bits per heavy atom. The Balaban J connectivity index is 1.99. The molecule has 1 aromatic rings. The van der Waals surface area contributed by atoms with E-state index in [2.05, 4.69) is 11.4 Å². The third kappa shape index (κ3) is 3.11. The van der Waals surface area contributed by atoms with Crippen molar-refractivity contribution in [3.8, 4) is 5.75 Å². The van der Waals surface area contributed by atoms with Crippen LogP contribution in [-0.4, -0.2) is 30.3 Å². The number of anilines is 1. The Morgan fingerprint density at radius 1 is 1.52 bits per heavy atom. The number of ether oxygens (including phenoxy) is 2. The zero-order chi connectivity index (χ0) is 18.1. The van der Waals surface area contributed by atoms with Gasteiger partial charge in [-0.25, -0.2) is 4.79 Å². The molecule has 134 valence electrons. The third-order valence-electron chi connectivity index (χ3n) is 5.19. The first-order valence-corrected chi connectivity index (χ1v) is 8.86. The second kappa shape index (κ2) is 7.04. The number of allylic oxidation sites excluding steroid dienone is 2. The molecular weight excluding hydrogens is 338 g/mol. The number of rotatable bonds is 5. The van der Waals surface area contributed by atoms with Crippen LogP contribution in [0, 0.1) is 12.8 Å². The summed E-state index contributed by atoms with van der Waals surface area (Å²) in [5.41, 5.74) is 5.50. The molecule has 25 heavy (non-hydrogen) atoms. The molecule has 6 heteroatoms. The molecule has 1 aliphatic heterocycles. The minimum absolute atomic E-state index is 0.0867. The normalized spacial score (nSPS) is 20.5. The molecule has 1 aromatic carbocycles. The van der Waals surface area contributed by atoms with Crippen LogP contribution in [0.2, 0.25) is 0 Å². The molecule has 0 bridgehead atoms. The molecule has 5 nitrogen and oxygen atoms in total. The SMILES string of the molecule is CNc1c(CC=C2CCC(C(O)=S)C2)c(OC)c(C)c2c1C(=O)OC2. The highest BCUT2D eigenvalue weighted by molar-refractivity contribution is 7.80. The number of methoxy groups -OCH3 is 1. The van der Waals surface area contributed by atoms with Gasteiger partial charge in [-0.15, -0.1) is 0 Å². The van der Waals surface area contributed by atoms with Crippen LogP contribution in [-0.2, 0) is 17.8 Å². The summed E-state index contributed by atoms with van der Waals surface area (Å²) in [6.45, 7) is 2.26. The van der Waals surface area contributed by atoms with Crippen molar-refractivity contribution in [2.45, 2.75) is 39.2 Å². The van der Waals surface area contributed by atoms with Crippen LogP contribution in [0.3, 0.4) is 0 Å². The van der Waals surface area contributed by atoms with Crippen LogP contribution in [0.1, 0.15) is 46.3 Å². The lowest BCUT2D eigenvalue weighted by molar-refractivity contribution is 0.0535. The van der Waals surface area contributed by atoms with Gasteiger partial charge >= 0.3 is 5.97 Å². The third-order valence-corrected chi connectivity index (χ3v) is 5.53. The Labute approximate surface area is 153 Å². The zero-order valence-electron chi connectivity index (χ0n) is 14.8. The van der Waals surface area contributed by atoms with E-state index in [1.807, 2.05) is 14.0 Å². The highest BCUT2D eigenvalue weighted by Gasteiger charge is 2.31. The molecule has 1 heterocycles. The molecule has 0 spiro atoms. The van der Waals surface area contributed by atoms with Crippen molar-refractivity contribution in [1.82, 2.24) is 0 Å². The fourth-order valence-corrected chi connectivity index (χ4v) is 4.05. The van der Waals surface area contributed by atoms with Crippen molar-refractivity contribution in [3.05, 3.63) is 33.9 Å². The number of thiocarbonyl (C=S) groups is 1. The van der Waals surface area contributed by atoms with Crippen LogP contribution < -0.4 is 10.1 Å². The highest BCUT2D eigenvalue weighted by atomic mass is 32.1. The van der Waals surface area contributed by atoms with E-state index in [-0.39, 0.29) is 16.9 Å². The lowest BCUT2D eigenvalue weighted by Gasteiger charge is -2.18. The molecule has 1 saturated carbocycles. The Hall–Kier alpha value is -2.08. The first-order valence-electron chi connectivity index (χ1n) is 8.45. The molecule has 0 saturated heterocycles. The van der Waals surface area contributed by atoms with Crippen molar-refractivity contribution in [3.63, 3.8) is 0 Å². The number of hydrogen-bond acceptors (Lipinski definition) is 5. The van der Waals surface area contributed by atoms with E-state index in [4.69, 9.17) is 21.7 Å². The topological polar surface area (TPSA) is 67.8 Å². The van der Waals surface area contributed by atoms with Gasteiger partial charge in [0.1, 0.15) is 12.4 Å². The molecule has 0 aromatic heterocycles. The maximum atomic E-state index is 12.2. The number of nitrogens with one attached hydrogen (secondary N) is 1. The summed E-state index contributed by atoms with van der Waals surface area (Å²) in [5, 5.41) is 12.8. The van der Waals surface area contributed by atoms with Crippen LogP contribution >= 0.6 is 12.2 Å². The van der Waals surface area contributed by atoms with Gasteiger partial charge < -0.3 is 19.9 Å². The number of cyclic esters (lactones) is 1. The number of aliphatic hydroxyl groups excluding tert-OH is 1. The van der Waals surface area contributed by atoms with Gasteiger partial charge in [0, 0.05) is 24.1 Å². The molecule has 1 fully saturated rings. The van der Waals surface area contributed by atoms with Gasteiger partial charge in [0.2, 0.25) is 0 Å². The van der Waals surface area contributed by atoms with Crippen molar-refractivity contribution >= 4 is 28.9 Å². The molecule has 1 aliphatic carbocycles. The van der Waals surface area contributed by atoms with E-state index >= 15 is 0 Å². The van der Waals surface area contributed by atoms with Gasteiger partial charge in [0.05, 0.1) is 18.4 Å². The van der Waals surface area contributed by atoms with Crippen molar-refractivity contribution in [2.75, 3.05) is 19.5 Å². The number of carbonyl (C=O) groups is 1. The number of aliphatic hydroxyl groups is 1. The van der Waals surface area contributed by atoms with Gasteiger partial charge in [-0.05, 0) is 50.4 Å². The number of carbonyl (C=O) groups excluding carboxylic acids is 1. The van der Waals surface area contributed by atoms with Gasteiger partial charge in [-0.1, -0.05) is 11.6 Å². The fourth-order valence-electron chi connectivity index (χ4n) is 3.85. The van der Waals surface area contributed by atoms with Gasteiger partial charge in [0.25, 0.3) is 0 Å². The smallest absolute Gasteiger partial charge is 0.341 e. The Kier molecular flexibility index (Phi) is 4.99. The summed E-state index contributed by atoms with van der Waals surface area (Å²) in [5.74, 6) is 0.597. The molecule has 1 unspecified atom stereocenters. The highest BCUT2D eigenvalue weighted by Crippen LogP contribution is 2.41. The summed E-state index contributed by atoms with van der Waals surface area (Å²) < 4.78 is 10.9. The number of esters is 1. The predicted molar refractivity (Wildman–Crippen MR) is 101 cm³/mol. The number of fused-ring (bicyclic) bond motifs is 1. The van der Waals surface area contributed by atoms with Gasteiger partial charge in [-0.2, -0.15) is 0 Å². The lowest BCUT2D eigenvalue weighted by atomic mass is 9.93. The van der Waals surface area contributed by atoms with Gasteiger partial charge in [-0.3, -0.25) is 0 Å². The Bertz CT molecular complexity index is 769. The average Bonchev–Trinajstić information content (AvgIpc) is 3.21. The minimum atomic E-state index is -0.287. The quantitative estimate of drug-likeness (QED) is 0.471. The molecule has 3 rings (SSSR count). The standard InChI is InChI=1S/C19H23NO4S/c1-10-14-9-24-18(21)15(14)16(20-2)13(17(10)23-3)7-5-11-4-6-12(8-11)19(22)25/h5,12,20H,4,6-9H2,1-3H3,(H,22,25). The number of hydrogen-bond donors (Lipinski definition) is 2. The summed E-state index contributed by atoms with van der Waals surface area (Å²) >= 11 is 4.90. The fraction of sp³-hybridized carbons (Fsp3) is 0.474. The zero-order valence-corrected chi connectivity index (χ0v) is 15.6. The largest absolute Gasteiger partial charge is 0.502 e. The van der Waals surface area contributed by atoms with E-state index in [0.717, 1.165) is 47.4 Å². The second-order valence-corrected chi connectivity index (χ2v) is 6.95. The summed E-state index contributed by atoms with van der Waals surface area (Å²) in [4.78, 5) is 12.2. The maximum Gasteiger partial charge on any atom is 0.341 e. The van der Waals surface area contributed by atoms with Crippen LogP contribution in [0.4, 0.5) is 5.69 Å². The average molecular weight is 361 g/mol. The second-order valence-electron chi connectivity index (χ2n) is 6.54. The van der Waals surface area contributed by atoms with Crippen LogP contribution in [0.25, 0.3) is 0 Å². The van der Waals surface area contributed by atoms with E-state index in [9.17, 15) is 9.90 Å². The van der Waals surface area contributed by atoms with Crippen LogP contribution in [0.5, 0.6) is 5.75 Å². The van der Waals surface area contributed by atoms with E-state index in [0.29, 0.717) is 18.6 Å². The maximum absolute atomic E-state index is 12.2. The number of benzene rings is 1. The lowest BCUT2D eigenvalue weighted by Crippen LogP contribution is -2.08. The first-order chi connectivity index (χ1) is 12.0. The molecule has 2 N–H and O–H groups in total. The van der Waals surface area contributed by atoms with Gasteiger partial charge in [0.15, 0.2) is 5.05 Å². The Morgan fingerprint density at radius 3 is 2.88 bits per heavy atom. The monoisotopic (exact) mass is 361 g/mol. The minimum Gasteiger partial charge on any atom is -0.502 e. The molecule has 2 aliphatic rings. The predicted octanol–water partition coefficient (Wildman–Crippen LogP) is 3.87. The first kappa shape index (κ1) is 17.7. The van der Waals surface area contributed by atoms with E-state index in [1.165, 1.54) is 5.57 Å². The molecule has 0 amide bonds. The van der Waals surface area contributed by atoms with E-state index < -0.39 is 0 Å². The summed E-state index contributed by atoms with van der Waals surface area (Å²) in [6, 6.07) is 0. The summed E-state index contributed by atoms with van der Waals surface area (Å²) in [7, 11) is 3.46. The molecular formula is C19H23NO4S. The molecule has 0 radical (unpaired) electrons. The van der Waals surface area contributed by atoms with Crippen molar-refractivity contribution < 1.29 is 19.4 Å². The van der Waals surface area contributed by atoms with Crippen LogP contribution in [0.15, 0.2) is 11.6 Å². The van der Waals surface area contributed by atoms with Crippen molar-refractivity contribution in [1.29, 1.82) is 0 Å². The molecule has 1 atom stereocenters.